The van der Waals surface area contributed by atoms with Crippen molar-refractivity contribution in [1.29, 1.82) is 0 Å². The molecule has 0 aliphatic heterocycles. The number of H-pyrrole nitrogens is 1. The second-order valence-electron chi connectivity index (χ2n) is 5.07. The molecule has 2 aromatic heterocycles. The molecule has 6 heteroatoms. The Morgan fingerprint density at radius 2 is 2.00 bits per heavy atom. The van der Waals surface area contributed by atoms with Crippen LogP contribution in [0.4, 0.5) is 0 Å². The molecule has 1 unspecified atom stereocenters. The summed E-state index contributed by atoms with van der Waals surface area (Å²) in [6.07, 6.45) is 1.49. The Morgan fingerprint density at radius 3 is 2.70 bits per heavy atom. The minimum absolute atomic E-state index is 0.0444. The van der Waals surface area contributed by atoms with E-state index in [1.165, 1.54) is 12.3 Å². The third kappa shape index (κ3) is 3.37. The number of hydrogen-bond donors (Lipinski definition) is 2. The lowest BCUT2D eigenvalue weighted by molar-refractivity contribution is 0.0934. The summed E-state index contributed by atoms with van der Waals surface area (Å²) in [6, 6.07) is 14.2. The summed E-state index contributed by atoms with van der Waals surface area (Å²) in [6.45, 7) is 1.87. The van der Waals surface area contributed by atoms with E-state index in [1.54, 1.807) is 12.1 Å². The number of aromatic nitrogens is 2. The fourth-order valence-electron chi connectivity index (χ4n) is 2.23. The van der Waals surface area contributed by atoms with Crippen LogP contribution in [0.25, 0.3) is 11.5 Å². The average Bonchev–Trinajstić information content (AvgIpc) is 3.09. The molecule has 0 spiro atoms. The Labute approximate surface area is 132 Å². The monoisotopic (exact) mass is 309 g/mol. The van der Waals surface area contributed by atoms with Gasteiger partial charge in [-0.3, -0.25) is 4.79 Å². The quantitative estimate of drug-likeness (QED) is 0.775. The van der Waals surface area contributed by atoms with E-state index in [2.05, 4.69) is 15.3 Å². The minimum Gasteiger partial charge on any atom is -0.463 e. The van der Waals surface area contributed by atoms with Gasteiger partial charge >= 0.3 is 5.69 Å². The van der Waals surface area contributed by atoms with Crippen LogP contribution in [0.3, 0.4) is 0 Å². The summed E-state index contributed by atoms with van der Waals surface area (Å²) in [5.41, 5.74) is 0.823. The van der Waals surface area contributed by atoms with Gasteiger partial charge in [0, 0.05) is 0 Å². The standard InChI is InChI=1S/C17H15N3O3/c1-11(12-6-3-2-4-7-12)18-16(21)14-10-13(19-17(22)20-14)15-8-5-9-23-15/h2-11H,1H3,(H,18,21)(H,19,20,22). The predicted octanol–water partition coefficient (Wildman–Crippen LogP) is 2.52. The molecule has 2 heterocycles. The molecule has 1 atom stereocenters. The van der Waals surface area contributed by atoms with Crippen molar-refractivity contribution < 1.29 is 9.21 Å². The summed E-state index contributed by atoms with van der Waals surface area (Å²) in [5.74, 6) is 0.0508. The molecule has 0 bridgehead atoms. The van der Waals surface area contributed by atoms with E-state index >= 15 is 0 Å². The first-order valence-corrected chi connectivity index (χ1v) is 7.14. The number of carbonyl (C=O) groups excluding carboxylic acids is 1. The van der Waals surface area contributed by atoms with Crippen molar-refractivity contribution in [3.63, 3.8) is 0 Å². The second-order valence-corrected chi connectivity index (χ2v) is 5.07. The highest BCUT2D eigenvalue weighted by molar-refractivity contribution is 5.93. The van der Waals surface area contributed by atoms with Gasteiger partial charge in [0.25, 0.3) is 5.91 Å². The molecule has 0 saturated carbocycles. The van der Waals surface area contributed by atoms with E-state index in [-0.39, 0.29) is 11.7 Å². The number of carbonyl (C=O) groups is 1. The Kier molecular flexibility index (Phi) is 4.05. The molecule has 3 rings (SSSR count). The fraction of sp³-hybridized carbons (Fsp3) is 0.118. The minimum atomic E-state index is -0.601. The van der Waals surface area contributed by atoms with Crippen LogP contribution in [0, 0.1) is 0 Å². The number of furan rings is 1. The predicted molar refractivity (Wildman–Crippen MR) is 84.9 cm³/mol. The molecule has 0 fully saturated rings. The summed E-state index contributed by atoms with van der Waals surface area (Å²) >= 11 is 0. The van der Waals surface area contributed by atoms with Gasteiger partial charge in [0.05, 0.1) is 18.0 Å². The summed E-state index contributed by atoms with van der Waals surface area (Å²) in [7, 11) is 0. The molecule has 23 heavy (non-hydrogen) atoms. The summed E-state index contributed by atoms with van der Waals surface area (Å²) in [5, 5.41) is 2.83. The summed E-state index contributed by atoms with van der Waals surface area (Å²) in [4.78, 5) is 30.3. The Morgan fingerprint density at radius 1 is 1.22 bits per heavy atom. The van der Waals surface area contributed by atoms with Crippen molar-refractivity contribution in [2.24, 2.45) is 0 Å². The lowest BCUT2D eigenvalue weighted by Crippen LogP contribution is -2.29. The highest BCUT2D eigenvalue weighted by Gasteiger charge is 2.15. The van der Waals surface area contributed by atoms with Crippen molar-refractivity contribution in [2.75, 3.05) is 0 Å². The zero-order chi connectivity index (χ0) is 16.2. The number of rotatable bonds is 4. The van der Waals surface area contributed by atoms with Crippen LogP contribution in [0.15, 0.2) is 64.0 Å². The largest absolute Gasteiger partial charge is 0.463 e. The van der Waals surface area contributed by atoms with Crippen molar-refractivity contribution in [3.8, 4) is 11.5 Å². The number of nitrogens with zero attached hydrogens (tertiary/aromatic N) is 1. The molecular weight excluding hydrogens is 294 g/mol. The lowest BCUT2D eigenvalue weighted by Gasteiger charge is -2.13. The molecule has 0 radical (unpaired) electrons. The van der Waals surface area contributed by atoms with E-state index in [0.29, 0.717) is 11.5 Å². The SMILES string of the molecule is CC(NC(=O)c1cc(-c2ccco2)[nH]c(=O)n1)c1ccccc1. The van der Waals surface area contributed by atoms with E-state index in [4.69, 9.17) is 4.42 Å². The fourth-order valence-corrected chi connectivity index (χ4v) is 2.23. The van der Waals surface area contributed by atoms with Crippen LogP contribution in [-0.4, -0.2) is 15.9 Å². The number of hydrogen-bond acceptors (Lipinski definition) is 4. The second kappa shape index (κ2) is 6.31. The number of nitrogens with one attached hydrogen (secondary N) is 2. The van der Waals surface area contributed by atoms with E-state index in [1.807, 2.05) is 37.3 Å². The molecule has 6 nitrogen and oxygen atoms in total. The topological polar surface area (TPSA) is 88.0 Å². The molecule has 3 aromatic rings. The third-order valence-electron chi connectivity index (χ3n) is 3.41. The van der Waals surface area contributed by atoms with Crippen LogP contribution < -0.4 is 11.0 Å². The number of amides is 1. The maximum atomic E-state index is 12.3. The summed E-state index contributed by atoms with van der Waals surface area (Å²) < 4.78 is 5.23. The van der Waals surface area contributed by atoms with Crippen LogP contribution in [-0.2, 0) is 0 Å². The van der Waals surface area contributed by atoms with E-state index in [9.17, 15) is 9.59 Å². The zero-order valence-electron chi connectivity index (χ0n) is 12.4. The molecule has 0 aliphatic carbocycles. The highest BCUT2D eigenvalue weighted by atomic mass is 16.3. The van der Waals surface area contributed by atoms with Gasteiger partial charge in [-0.2, -0.15) is 4.98 Å². The molecule has 1 aromatic carbocycles. The molecule has 1 amide bonds. The first-order valence-electron chi connectivity index (χ1n) is 7.14. The zero-order valence-corrected chi connectivity index (χ0v) is 12.4. The van der Waals surface area contributed by atoms with Gasteiger partial charge in [0.2, 0.25) is 0 Å². The van der Waals surface area contributed by atoms with Crippen LogP contribution in [0.1, 0.15) is 29.0 Å². The first-order chi connectivity index (χ1) is 11.1. The third-order valence-corrected chi connectivity index (χ3v) is 3.41. The van der Waals surface area contributed by atoms with Crippen molar-refractivity contribution in [2.45, 2.75) is 13.0 Å². The van der Waals surface area contributed by atoms with Gasteiger partial charge in [0.1, 0.15) is 11.5 Å². The Bertz CT molecular complexity index is 854. The number of benzene rings is 1. The molecule has 0 aliphatic rings. The number of aromatic amines is 1. The van der Waals surface area contributed by atoms with Crippen molar-refractivity contribution >= 4 is 5.91 Å². The van der Waals surface area contributed by atoms with Crippen molar-refractivity contribution in [1.82, 2.24) is 15.3 Å². The van der Waals surface area contributed by atoms with E-state index < -0.39 is 11.6 Å². The molecule has 2 N–H and O–H groups in total. The maximum absolute atomic E-state index is 12.3. The van der Waals surface area contributed by atoms with Crippen LogP contribution in [0.5, 0.6) is 0 Å². The normalized spacial score (nSPS) is 11.9. The highest BCUT2D eigenvalue weighted by Crippen LogP contribution is 2.17. The van der Waals surface area contributed by atoms with Crippen LogP contribution >= 0.6 is 0 Å². The average molecular weight is 309 g/mol. The van der Waals surface area contributed by atoms with Gasteiger partial charge in [0.15, 0.2) is 0 Å². The van der Waals surface area contributed by atoms with Crippen molar-refractivity contribution in [3.05, 3.63) is 76.5 Å². The van der Waals surface area contributed by atoms with Gasteiger partial charge in [-0.15, -0.1) is 0 Å². The Hall–Kier alpha value is -3.15. The molecule has 116 valence electrons. The van der Waals surface area contributed by atoms with Crippen LogP contribution in [0.2, 0.25) is 0 Å². The maximum Gasteiger partial charge on any atom is 0.346 e. The lowest BCUT2D eigenvalue weighted by atomic mass is 10.1. The smallest absolute Gasteiger partial charge is 0.346 e. The van der Waals surface area contributed by atoms with Gasteiger partial charge in [-0.05, 0) is 30.7 Å². The van der Waals surface area contributed by atoms with E-state index in [0.717, 1.165) is 5.56 Å². The van der Waals surface area contributed by atoms with Gasteiger partial charge in [-0.25, -0.2) is 4.79 Å². The Balaban J connectivity index is 1.84. The first kappa shape index (κ1) is 14.8. The molecular formula is C17H15N3O3. The van der Waals surface area contributed by atoms with Gasteiger partial charge < -0.3 is 14.7 Å². The molecule has 0 saturated heterocycles. The van der Waals surface area contributed by atoms with Gasteiger partial charge in [-0.1, -0.05) is 30.3 Å².